The lowest BCUT2D eigenvalue weighted by Crippen LogP contribution is -2.44. The van der Waals surface area contributed by atoms with E-state index in [0.717, 1.165) is 31.6 Å². The van der Waals surface area contributed by atoms with E-state index in [1.165, 1.54) is 24.2 Å². The number of amides is 2. The van der Waals surface area contributed by atoms with Crippen molar-refractivity contribution in [1.82, 2.24) is 10.2 Å². The molecule has 2 amide bonds. The van der Waals surface area contributed by atoms with Crippen molar-refractivity contribution < 1.29 is 9.59 Å². The summed E-state index contributed by atoms with van der Waals surface area (Å²) in [4.78, 5) is 26.7. The van der Waals surface area contributed by atoms with Crippen LogP contribution in [0.2, 0.25) is 0 Å². The number of thiophene rings is 1. The Morgan fingerprint density at radius 3 is 2.39 bits per heavy atom. The molecule has 0 saturated heterocycles. The molecule has 0 aromatic carbocycles. The van der Waals surface area contributed by atoms with E-state index in [2.05, 4.69) is 17.1 Å². The molecule has 2 fully saturated rings. The van der Waals surface area contributed by atoms with Crippen molar-refractivity contribution in [3.05, 3.63) is 22.4 Å². The van der Waals surface area contributed by atoms with Crippen molar-refractivity contribution in [2.75, 3.05) is 6.54 Å². The fourth-order valence-electron chi connectivity index (χ4n) is 3.49. The summed E-state index contributed by atoms with van der Waals surface area (Å²) in [6.45, 7) is 2.74. The molecule has 0 radical (unpaired) electrons. The van der Waals surface area contributed by atoms with Crippen LogP contribution in [0, 0.1) is 5.92 Å². The Bertz CT molecular complexity index is 531. The minimum atomic E-state index is -0.0801. The Balaban J connectivity index is 1.48. The van der Waals surface area contributed by atoms with Gasteiger partial charge in [0, 0.05) is 36.0 Å². The van der Waals surface area contributed by atoms with E-state index in [4.69, 9.17) is 0 Å². The molecule has 1 heterocycles. The first kappa shape index (κ1) is 16.5. The van der Waals surface area contributed by atoms with Crippen LogP contribution in [0.25, 0.3) is 0 Å². The second-order valence-corrected chi connectivity index (χ2v) is 7.74. The monoisotopic (exact) mass is 334 g/mol. The van der Waals surface area contributed by atoms with E-state index in [-0.39, 0.29) is 11.8 Å². The van der Waals surface area contributed by atoms with Crippen LogP contribution in [0.1, 0.15) is 62.2 Å². The number of carbonyl (C=O) groups excluding carboxylic acids is 2. The van der Waals surface area contributed by atoms with E-state index in [1.54, 1.807) is 0 Å². The SMILES string of the molecule is CC1CCC(N(C(=O)CCNC(=O)c2ccsc2)C2CC2)CC1. The van der Waals surface area contributed by atoms with Gasteiger partial charge in [-0.25, -0.2) is 0 Å². The van der Waals surface area contributed by atoms with Crippen molar-refractivity contribution >= 4 is 23.2 Å². The summed E-state index contributed by atoms with van der Waals surface area (Å²) < 4.78 is 0. The van der Waals surface area contributed by atoms with Gasteiger partial charge in [0.05, 0.1) is 0 Å². The summed E-state index contributed by atoms with van der Waals surface area (Å²) in [5.74, 6) is 0.938. The maximum Gasteiger partial charge on any atom is 0.252 e. The lowest BCUT2D eigenvalue weighted by Gasteiger charge is -2.36. The zero-order valence-corrected chi connectivity index (χ0v) is 14.6. The Morgan fingerprint density at radius 2 is 1.83 bits per heavy atom. The highest BCUT2D eigenvalue weighted by Crippen LogP contribution is 2.35. The van der Waals surface area contributed by atoms with Gasteiger partial charge in [0.25, 0.3) is 5.91 Å². The van der Waals surface area contributed by atoms with Gasteiger partial charge < -0.3 is 10.2 Å². The predicted octanol–water partition coefficient (Wildman–Crippen LogP) is 3.44. The van der Waals surface area contributed by atoms with Crippen LogP contribution in [0.3, 0.4) is 0 Å². The molecule has 2 aliphatic rings. The van der Waals surface area contributed by atoms with E-state index in [1.807, 2.05) is 16.8 Å². The normalized spacial score (nSPS) is 24.2. The van der Waals surface area contributed by atoms with Crippen molar-refractivity contribution in [2.45, 2.75) is 64.0 Å². The Hall–Kier alpha value is -1.36. The van der Waals surface area contributed by atoms with Gasteiger partial charge in [0.15, 0.2) is 0 Å². The largest absolute Gasteiger partial charge is 0.351 e. The molecule has 23 heavy (non-hydrogen) atoms. The van der Waals surface area contributed by atoms with Gasteiger partial charge in [-0.2, -0.15) is 11.3 Å². The molecule has 0 spiro atoms. The topological polar surface area (TPSA) is 49.4 Å². The zero-order chi connectivity index (χ0) is 16.2. The molecule has 0 aliphatic heterocycles. The molecule has 126 valence electrons. The van der Waals surface area contributed by atoms with E-state index < -0.39 is 0 Å². The number of hydrogen-bond acceptors (Lipinski definition) is 3. The van der Waals surface area contributed by atoms with Crippen LogP contribution in [0.4, 0.5) is 0 Å². The molecule has 0 bridgehead atoms. The molecule has 1 aromatic rings. The minimum Gasteiger partial charge on any atom is -0.351 e. The maximum absolute atomic E-state index is 12.7. The molecular formula is C18H26N2O2S. The van der Waals surface area contributed by atoms with E-state index in [9.17, 15) is 9.59 Å². The highest BCUT2D eigenvalue weighted by molar-refractivity contribution is 7.08. The van der Waals surface area contributed by atoms with E-state index in [0.29, 0.717) is 30.6 Å². The second kappa shape index (κ2) is 7.47. The summed E-state index contributed by atoms with van der Waals surface area (Å²) in [6, 6.07) is 2.70. The van der Waals surface area contributed by atoms with Crippen molar-refractivity contribution in [1.29, 1.82) is 0 Å². The maximum atomic E-state index is 12.7. The molecule has 5 heteroatoms. The Kier molecular flexibility index (Phi) is 5.36. The number of nitrogens with zero attached hydrogens (tertiary/aromatic N) is 1. The van der Waals surface area contributed by atoms with E-state index >= 15 is 0 Å². The van der Waals surface area contributed by atoms with Crippen molar-refractivity contribution in [3.63, 3.8) is 0 Å². The lowest BCUT2D eigenvalue weighted by atomic mass is 9.86. The van der Waals surface area contributed by atoms with Gasteiger partial charge in [0.1, 0.15) is 0 Å². The molecule has 0 atom stereocenters. The summed E-state index contributed by atoms with van der Waals surface area (Å²) >= 11 is 1.51. The zero-order valence-electron chi connectivity index (χ0n) is 13.8. The second-order valence-electron chi connectivity index (χ2n) is 6.96. The first-order chi connectivity index (χ1) is 11.1. The van der Waals surface area contributed by atoms with Crippen molar-refractivity contribution in [3.8, 4) is 0 Å². The number of nitrogens with one attached hydrogen (secondary N) is 1. The molecule has 2 saturated carbocycles. The molecule has 0 unspecified atom stereocenters. The van der Waals surface area contributed by atoms with Gasteiger partial charge in [-0.1, -0.05) is 6.92 Å². The van der Waals surface area contributed by atoms with Crippen LogP contribution in [-0.2, 0) is 4.79 Å². The highest BCUT2D eigenvalue weighted by Gasteiger charge is 2.37. The lowest BCUT2D eigenvalue weighted by molar-refractivity contribution is -0.135. The number of hydrogen-bond donors (Lipinski definition) is 1. The highest BCUT2D eigenvalue weighted by atomic mass is 32.1. The summed E-state index contributed by atoms with van der Waals surface area (Å²) in [5.41, 5.74) is 0.683. The van der Waals surface area contributed by atoms with Gasteiger partial charge in [-0.15, -0.1) is 0 Å². The van der Waals surface area contributed by atoms with Gasteiger partial charge in [-0.3, -0.25) is 9.59 Å². The molecule has 4 nitrogen and oxygen atoms in total. The quantitative estimate of drug-likeness (QED) is 0.866. The van der Waals surface area contributed by atoms with Crippen LogP contribution in [0.15, 0.2) is 16.8 Å². The van der Waals surface area contributed by atoms with Gasteiger partial charge in [0.2, 0.25) is 5.91 Å². The standard InChI is InChI=1S/C18H26N2O2S/c1-13-2-4-15(5-3-13)20(16-6-7-16)17(21)8-10-19-18(22)14-9-11-23-12-14/h9,11-13,15-16H,2-8,10H2,1H3,(H,19,22). The summed E-state index contributed by atoms with van der Waals surface area (Å²) in [6.07, 6.45) is 7.47. The molecule has 1 aromatic heterocycles. The average molecular weight is 334 g/mol. The third kappa shape index (κ3) is 4.34. The van der Waals surface area contributed by atoms with Crippen LogP contribution >= 0.6 is 11.3 Å². The fourth-order valence-corrected chi connectivity index (χ4v) is 4.12. The van der Waals surface area contributed by atoms with Crippen LogP contribution in [0.5, 0.6) is 0 Å². The first-order valence-corrected chi connectivity index (χ1v) is 9.71. The third-order valence-corrected chi connectivity index (χ3v) is 5.70. The average Bonchev–Trinajstić information content (AvgIpc) is 3.21. The fraction of sp³-hybridized carbons (Fsp3) is 0.667. The van der Waals surface area contributed by atoms with Crippen LogP contribution in [-0.4, -0.2) is 35.3 Å². The number of carbonyl (C=O) groups is 2. The summed E-state index contributed by atoms with van der Waals surface area (Å²) in [7, 11) is 0. The minimum absolute atomic E-state index is 0.0801. The number of rotatable bonds is 6. The molecule has 2 aliphatic carbocycles. The third-order valence-electron chi connectivity index (χ3n) is 5.01. The predicted molar refractivity (Wildman–Crippen MR) is 92.6 cm³/mol. The smallest absolute Gasteiger partial charge is 0.252 e. The van der Waals surface area contributed by atoms with Crippen molar-refractivity contribution in [2.24, 2.45) is 5.92 Å². The van der Waals surface area contributed by atoms with Gasteiger partial charge >= 0.3 is 0 Å². The van der Waals surface area contributed by atoms with Crippen LogP contribution < -0.4 is 5.32 Å². The Morgan fingerprint density at radius 1 is 1.17 bits per heavy atom. The van der Waals surface area contributed by atoms with Gasteiger partial charge in [-0.05, 0) is 55.9 Å². The first-order valence-electron chi connectivity index (χ1n) is 8.76. The molecule has 1 N–H and O–H groups in total. The molecular weight excluding hydrogens is 308 g/mol. The summed E-state index contributed by atoms with van der Waals surface area (Å²) in [5, 5.41) is 6.58. The Labute approximate surface area is 142 Å². The molecule has 3 rings (SSSR count).